The number of halogens is 1. The molecule has 0 aliphatic carbocycles. The third-order valence-corrected chi connectivity index (χ3v) is 7.07. The van der Waals surface area contributed by atoms with E-state index in [2.05, 4.69) is 50.6 Å². The van der Waals surface area contributed by atoms with Gasteiger partial charge in [0.05, 0.1) is 12.3 Å². The van der Waals surface area contributed by atoms with Crippen LogP contribution in [-0.2, 0) is 6.16 Å². The molecule has 0 spiro atoms. The Morgan fingerprint density at radius 1 is 0.727 bits per heavy atom. The average Bonchev–Trinajstić information content (AvgIpc) is 2.46. The molecule has 1 aromatic rings. The molecule has 0 atom stereocenters. The summed E-state index contributed by atoms with van der Waals surface area (Å²) in [5.74, 6) is 0. The van der Waals surface area contributed by atoms with Crippen molar-refractivity contribution in [3.63, 3.8) is 0 Å². The van der Waals surface area contributed by atoms with Crippen molar-refractivity contribution in [2.75, 3.05) is 19.5 Å². The van der Waals surface area contributed by atoms with Gasteiger partial charge < -0.3 is 12.4 Å². The van der Waals surface area contributed by atoms with Crippen molar-refractivity contribution in [2.45, 2.75) is 70.9 Å². The van der Waals surface area contributed by atoms with E-state index in [9.17, 15) is 0 Å². The Balaban J connectivity index is 0.00000441. The van der Waals surface area contributed by atoms with Crippen molar-refractivity contribution in [3.05, 3.63) is 35.9 Å². The maximum atomic E-state index is 2.53. The van der Waals surface area contributed by atoms with Crippen LogP contribution in [0.15, 0.2) is 30.3 Å². The van der Waals surface area contributed by atoms with Crippen LogP contribution < -0.4 is 12.4 Å². The molecule has 0 N–H and O–H groups in total. The van der Waals surface area contributed by atoms with Gasteiger partial charge in [0.25, 0.3) is 0 Å². The van der Waals surface area contributed by atoms with Gasteiger partial charge in [-0.05, 0) is 18.4 Å². The molecule has 0 radical (unpaired) electrons. The standard InChI is InChI=1S/C20H36P.ClH/c1-4-5-6-7-8-9-10-11-15-18-21(2,3)19-20-16-13-12-14-17-20;/h12-14,16-17H,4-11,15,18-19H2,1-3H3;1H/q+1;/p-1. The molecule has 128 valence electrons. The first-order valence-electron chi connectivity index (χ1n) is 9.00. The Bertz CT molecular complexity index is 348. The predicted octanol–water partition coefficient (Wildman–Crippen LogP) is 4.00. The van der Waals surface area contributed by atoms with Crippen molar-refractivity contribution < 1.29 is 12.4 Å². The smallest absolute Gasteiger partial charge is 0.0837 e. The lowest BCUT2D eigenvalue weighted by Gasteiger charge is -2.18. The van der Waals surface area contributed by atoms with Gasteiger partial charge >= 0.3 is 0 Å². The highest BCUT2D eigenvalue weighted by molar-refractivity contribution is 7.73. The summed E-state index contributed by atoms with van der Waals surface area (Å²) < 4.78 is 0. The third-order valence-electron chi connectivity index (χ3n) is 4.32. The molecule has 0 saturated carbocycles. The molecule has 0 heterocycles. The fourth-order valence-corrected chi connectivity index (χ4v) is 5.44. The van der Waals surface area contributed by atoms with Crippen molar-refractivity contribution in [1.82, 2.24) is 0 Å². The highest BCUT2D eigenvalue weighted by Crippen LogP contribution is 2.54. The fraction of sp³-hybridized carbons (Fsp3) is 0.700. The molecule has 0 bridgehead atoms. The molecule has 0 fully saturated rings. The molecule has 0 amide bonds. The quantitative estimate of drug-likeness (QED) is 0.398. The van der Waals surface area contributed by atoms with Gasteiger partial charge in [0.15, 0.2) is 0 Å². The molecular formula is C20H36ClP. The van der Waals surface area contributed by atoms with Gasteiger partial charge in [-0.1, -0.05) is 82.2 Å². The molecule has 22 heavy (non-hydrogen) atoms. The Hall–Kier alpha value is -0.0600. The molecule has 0 aliphatic rings. The van der Waals surface area contributed by atoms with Crippen molar-refractivity contribution in [1.29, 1.82) is 0 Å². The normalized spacial score (nSPS) is 11.2. The van der Waals surface area contributed by atoms with Crippen molar-refractivity contribution in [2.24, 2.45) is 0 Å². The van der Waals surface area contributed by atoms with E-state index in [4.69, 9.17) is 0 Å². The number of hydrogen-bond donors (Lipinski definition) is 0. The number of rotatable bonds is 12. The van der Waals surface area contributed by atoms with Crippen LogP contribution in [-0.4, -0.2) is 19.5 Å². The van der Waals surface area contributed by atoms with Crippen LogP contribution in [0.25, 0.3) is 0 Å². The molecule has 0 unspecified atom stereocenters. The second kappa shape index (κ2) is 13.4. The summed E-state index contributed by atoms with van der Waals surface area (Å²) in [4.78, 5) is 0. The largest absolute Gasteiger partial charge is 1.00 e. The van der Waals surface area contributed by atoms with Gasteiger partial charge in [-0.2, -0.15) is 0 Å². The summed E-state index contributed by atoms with van der Waals surface area (Å²) in [6, 6.07) is 11.0. The molecule has 0 aromatic heterocycles. The number of benzene rings is 1. The highest BCUT2D eigenvalue weighted by Gasteiger charge is 2.24. The lowest BCUT2D eigenvalue weighted by Crippen LogP contribution is -3.00. The summed E-state index contributed by atoms with van der Waals surface area (Å²) in [5.41, 5.74) is 1.53. The van der Waals surface area contributed by atoms with Gasteiger partial charge in [-0.25, -0.2) is 0 Å². The first kappa shape index (κ1) is 21.9. The van der Waals surface area contributed by atoms with Gasteiger partial charge in [0, 0.05) is 20.6 Å². The zero-order valence-corrected chi connectivity index (χ0v) is 16.6. The molecule has 0 nitrogen and oxygen atoms in total. The maximum absolute atomic E-state index is 2.53. The lowest BCUT2D eigenvalue weighted by atomic mass is 10.1. The molecule has 1 aromatic carbocycles. The van der Waals surface area contributed by atoms with E-state index in [-0.39, 0.29) is 12.4 Å². The Morgan fingerprint density at radius 2 is 1.23 bits per heavy atom. The minimum absolute atomic E-state index is 0. The summed E-state index contributed by atoms with van der Waals surface area (Å²) in [7, 11) is -0.735. The predicted molar refractivity (Wildman–Crippen MR) is 101 cm³/mol. The van der Waals surface area contributed by atoms with Crippen LogP contribution in [0.1, 0.15) is 70.3 Å². The third kappa shape index (κ3) is 11.5. The van der Waals surface area contributed by atoms with E-state index in [0.717, 1.165) is 0 Å². The van der Waals surface area contributed by atoms with E-state index in [1.807, 2.05) is 0 Å². The lowest BCUT2D eigenvalue weighted by molar-refractivity contribution is -0.00000480. The number of unbranched alkanes of at least 4 members (excludes halogenated alkanes) is 8. The zero-order chi connectivity index (χ0) is 15.4. The van der Waals surface area contributed by atoms with Crippen LogP contribution in [0.5, 0.6) is 0 Å². The van der Waals surface area contributed by atoms with Crippen molar-refractivity contribution in [3.8, 4) is 0 Å². The highest BCUT2D eigenvalue weighted by atomic mass is 35.5. The summed E-state index contributed by atoms with van der Waals surface area (Å²) in [6.45, 7) is 7.36. The van der Waals surface area contributed by atoms with E-state index < -0.39 is 7.26 Å². The van der Waals surface area contributed by atoms with E-state index in [1.54, 1.807) is 0 Å². The number of hydrogen-bond acceptors (Lipinski definition) is 0. The van der Waals surface area contributed by atoms with Gasteiger partial charge in [-0.15, -0.1) is 0 Å². The van der Waals surface area contributed by atoms with E-state index >= 15 is 0 Å². The van der Waals surface area contributed by atoms with Crippen LogP contribution in [0.2, 0.25) is 0 Å². The topological polar surface area (TPSA) is 0 Å². The van der Waals surface area contributed by atoms with Gasteiger partial charge in [-0.3, -0.25) is 0 Å². The summed E-state index contributed by atoms with van der Waals surface area (Å²) in [5, 5.41) is 0. The monoisotopic (exact) mass is 342 g/mol. The Kier molecular flexibility index (Phi) is 13.3. The molecule has 0 saturated heterocycles. The second-order valence-electron chi connectivity index (χ2n) is 7.13. The van der Waals surface area contributed by atoms with E-state index in [0.29, 0.717) is 0 Å². The van der Waals surface area contributed by atoms with Gasteiger partial charge in [0.2, 0.25) is 0 Å². The zero-order valence-electron chi connectivity index (χ0n) is 15.0. The minimum atomic E-state index is -0.735. The summed E-state index contributed by atoms with van der Waals surface area (Å²) >= 11 is 0. The fourth-order valence-electron chi connectivity index (χ4n) is 3.01. The van der Waals surface area contributed by atoms with Crippen LogP contribution >= 0.6 is 7.26 Å². The molecule has 1 rings (SSSR count). The van der Waals surface area contributed by atoms with E-state index in [1.165, 1.54) is 75.7 Å². The van der Waals surface area contributed by atoms with Crippen LogP contribution in [0.4, 0.5) is 0 Å². The SMILES string of the molecule is CCCCCCCCCCC[P+](C)(C)Cc1ccccc1.[Cl-]. The van der Waals surface area contributed by atoms with Crippen LogP contribution in [0.3, 0.4) is 0 Å². The van der Waals surface area contributed by atoms with Crippen LogP contribution in [0, 0.1) is 0 Å². The first-order valence-corrected chi connectivity index (χ1v) is 12.1. The average molecular weight is 343 g/mol. The van der Waals surface area contributed by atoms with Crippen molar-refractivity contribution >= 4 is 7.26 Å². The Labute approximate surface area is 146 Å². The maximum Gasteiger partial charge on any atom is 0.0837 e. The summed E-state index contributed by atoms with van der Waals surface area (Å²) in [6.07, 6.45) is 15.8. The second-order valence-corrected chi connectivity index (χ2v) is 11.8. The minimum Gasteiger partial charge on any atom is -1.00 e. The molecule has 2 heteroatoms. The van der Waals surface area contributed by atoms with Gasteiger partial charge in [0.1, 0.15) is 0 Å². The Morgan fingerprint density at radius 3 is 1.77 bits per heavy atom. The molecular weight excluding hydrogens is 307 g/mol. The molecule has 0 aliphatic heterocycles. The first-order chi connectivity index (χ1) is 10.1.